The second-order valence-corrected chi connectivity index (χ2v) is 4.96. The first kappa shape index (κ1) is 9.79. The van der Waals surface area contributed by atoms with Gasteiger partial charge in [-0.1, -0.05) is 26.8 Å². The van der Waals surface area contributed by atoms with E-state index >= 15 is 0 Å². The maximum Gasteiger partial charge on any atom is 0.0850 e. The van der Waals surface area contributed by atoms with Gasteiger partial charge in [-0.25, -0.2) is 0 Å². The topological polar surface area (TPSA) is 20.2 Å². The molecule has 0 aromatic heterocycles. The molecule has 70 valence electrons. The molecule has 0 bridgehead atoms. The van der Waals surface area contributed by atoms with Crippen molar-refractivity contribution < 1.29 is 5.11 Å². The highest BCUT2D eigenvalue weighted by Crippen LogP contribution is 2.44. The van der Waals surface area contributed by atoms with E-state index in [2.05, 4.69) is 27.4 Å². The first-order valence-corrected chi connectivity index (χ1v) is 4.76. The number of rotatable bonds is 1. The van der Waals surface area contributed by atoms with E-state index in [1.165, 1.54) is 0 Å². The zero-order valence-corrected chi connectivity index (χ0v) is 8.43. The highest BCUT2D eigenvalue weighted by Gasteiger charge is 2.40. The smallest absolute Gasteiger partial charge is 0.0850 e. The van der Waals surface area contributed by atoms with Gasteiger partial charge in [0.2, 0.25) is 0 Å². The summed E-state index contributed by atoms with van der Waals surface area (Å²) in [6.07, 6.45) is 4.77. The summed E-state index contributed by atoms with van der Waals surface area (Å²) < 4.78 is 0. The van der Waals surface area contributed by atoms with Crippen molar-refractivity contribution in [2.24, 2.45) is 11.3 Å². The molecule has 0 spiro atoms. The Bertz CT molecular complexity index is 183. The lowest BCUT2D eigenvalue weighted by Crippen LogP contribution is -2.42. The van der Waals surface area contributed by atoms with Crippen LogP contribution < -0.4 is 0 Å². The molecule has 1 nitrogen and oxygen atoms in total. The van der Waals surface area contributed by atoms with Crippen LogP contribution in [0.2, 0.25) is 0 Å². The number of hydrogen-bond donors (Lipinski definition) is 1. The van der Waals surface area contributed by atoms with Gasteiger partial charge in [0.25, 0.3) is 0 Å². The summed E-state index contributed by atoms with van der Waals surface area (Å²) in [6.45, 7) is 10.4. The summed E-state index contributed by atoms with van der Waals surface area (Å²) in [4.78, 5) is 0. The molecule has 1 N–H and O–H groups in total. The van der Waals surface area contributed by atoms with E-state index in [9.17, 15) is 5.11 Å². The van der Waals surface area contributed by atoms with Gasteiger partial charge in [-0.15, -0.1) is 6.58 Å². The van der Waals surface area contributed by atoms with Crippen LogP contribution in [0, 0.1) is 11.3 Å². The molecule has 0 heterocycles. The molecule has 0 aromatic rings. The predicted molar refractivity (Wildman–Crippen MR) is 51.9 cm³/mol. The molecule has 0 radical (unpaired) electrons. The van der Waals surface area contributed by atoms with Gasteiger partial charge in [-0.2, -0.15) is 0 Å². The molecule has 12 heavy (non-hydrogen) atoms. The Hall–Kier alpha value is -0.300. The Morgan fingerprint density at radius 2 is 2.00 bits per heavy atom. The summed E-state index contributed by atoms with van der Waals surface area (Å²) in [5.41, 5.74) is -0.204. The van der Waals surface area contributed by atoms with Crippen molar-refractivity contribution in [2.45, 2.75) is 45.6 Å². The zero-order chi connectivity index (χ0) is 9.41. The molecule has 0 aliphatic heterocycles. The third-order valence-electron chi connectivity index (χ3n) is 3.27. The quantitative estimate of drug-likeness (QED) is 0.597. The molecule has 2 unspecified atom stereocenters. The van der Waals surface area contributed by atoms with Crippen molar-refractivity contribution >= 4 is 0 Å². The minimum absolute atomic E-state index is 0.346. The fraction of sp³-hybridized carbons (Fsp3) is 0.818. The maximum atomic E-state index is 10.1. The Balaban J connectivity index is 2.72. The minimum Gasteiger partial charge on any atom is -0.386 e. The first-order valence-electron chi connectivity index (χ1n) is 4.76. The van der Waals surface area contributed by atoms with Gasteiger partial charge in [0.15, 0.2) is 0 Å². The fourth-order valence-corrected chi connectivity index (χ4v) is 2.20. The summed E-state index contributed by atoms with van der Waals surface area (Å²) in [5, 5.41) is 10.1. The van der Waals surface area contributed by atoms with Crippen LogP contribution in [0.3, 0.4) is 0 Å². The van der Waals surface area contributed by atoms with Crippen LogP contribution in [0.1, 0.15) is 40.0 Å². The molecule has 1 fully saturated rings. The predicted octanol–water partition coefficient (Wildman–Crippen LogP) is 2.75. The Morgan fingerprint density at radius 1 is 1.42 bits per heavy atom. The van der Waals surface area contributed by atoms with Crippen molar-refractivity contribution in [3.05, 3.63) is 12.7 Å². The van der Waals surface area contributed by atoms with E-state index < -0.39 is 5.60 Å². The first-order chi connectivity index (χ1) is 5.40. The minimum atomic E-state index is -0.602. The van der Waals surface area contributed by atoms with Crippen LogP contribution in [0.4, 0.5) is 0 Å². The number of hydrogen-bond acceptors (Lipinski definition) is 1. The van der Waals surface area contributed by atoms with Gasteiger partial charge in [-0.05, 0) is 30.6 Å². The van der Waals surface area contributed by atoms with Crippen LogP contribution in [-0.2, 0) is 0 Å². The lowest BCUT2D eigenvalue weighted by atomic mass is 9.65. The van der Waals surface area contributed by atoms with Crippen molar-refractivity contribution in [1.29, 1.82) is 0 Å². The lowest BCUT2D eigenvalue weighted by molar-refractivity contribution is -0.0325. The molecule has 2 atom stereocenters. The highest BCUT2D eigenvalue weighted by molar-refractivity contribution is 5.03. The van der Waals surface area contributed by atoms with E-state index in [0.717, 1.165) is 19.3 Å². The molecular weight excluding hydrogens is 148 g/mol. The van der Waals surface area contributed by atoms with Gasteiger partial charge in [0.05, 0.1) is 5.60 Å². The normalized spacial score (nSPS) is 40.8. The third kappa shape index (κ3) is 1.71. The highest BCUT2D eigenvalue weighted by atomic mass is 16.3. The largest absolute Gasteiger partial charge is 0.386 e. The van der Waals surface area contributed by atoms with Crippen LogP contribution in [0.5, 0.6) is 0 Å². The van der Waals surface area contributed by atoms with E-state index in [0.29, 0.717) is 11.3 Å². The van der Waals surface area contributed by atoms with Crippen LogP contribution >= 0.6 is 0 Å². The summed E-state index contributed by atoms with van der Waals surface area (Å²) >= 11 is 0. The SMILES string of the molecule is C=CC1(O)CCC(C)(C)CC1C. The average Bonchev–Trinajstić information content (AvgIpc) is 1.97. The molecule has 1 saturated carbocycles. The van der Waals surface area contributed by atoms with Crippen LogP contribution in [0.15, 0.2) is 12.7 Å². The monoisotopic (exact) mass is 168 g/mol. The summed E-state index contributed by atoms with van der Waals surface area (Å²) in [5.74, 6) is 0.346. The van der Waals surface area contributed by atoms with Gasteiger partial charge in [0.1, 0.15) is 0 Å². The second-order valence-electron chi connectivity index (χ2n) is 4.96. The molecule has 0 aromatic carbocycles. The summed E-state index contributed by atoms with van der Waals surface area (Å²) in [7, 11) is 0. The molecule has 1 heteroatoms. The molecule has 1 rings (SSSR count). The van der Waals surface area contributed by atoms with E-state index in [1.54, 1.807) is 6.08 Å². The molecule has 1 aliphatic rings. The lowest BCUT2D eigenvalue weighted by Gasteiger charge is -2.43. The zero-order valence-electron chi connectivity index (χ0n) is 8.43. The molecule has 1 aliphatic carbocycles. The van der Waals surface area contributed by atoms with Crippen molar-refractivity contribution in [3.8, 4) is 0 Å². The Morgan fingerprint density at radius 3 is 2.42 bits per heavy atom. The molecule has 0 saturated heterocycles. The van der Waals surface area contributed by atoms with Crippen LogP contribution in [-0.4, -0.2) is 10.7 Å². The van der Waals surface area contributed by atoms with Crippen LogP contribution in [0.25, 0.3) is 0 Å². The Labute approximate surface area is 75.5 Å². The van der Waals surface area contributed by atoms with E-state index in [4.69, 9.17) is 0 Å². The van der Waals surface area contributed by atoms with Crippen molar-refractivity contribution in [3.63, 3.8) is 0 Å². The van der Waals surface area contributed by atoms with Gasteiger partial charge >= 0.3 is 0 Å². The number of aliphatic hydroxyl groups is 1. The average molecular weight is 168 g/mol. The van der Waals surface area contributed by atoms with Gasteiger partial charge in [0, 0.05) is 0 Å². The van der Waals surface area contributed by atoms with E-state index in [-0.39, 0.29) is 0 Å². The Kier molecular flexibility index (Phi) is 2.35. The van der Waals surface area contributed by atoms with Crippen molar-refractivity contribution in [1.82, 2.24) is 0 Å². The van der Waals surface area contributed by atoms with Gasteiger partial charge in [-0.3, -0.25) is 0 Å². The second kappa shape index (κ2) is 2.88. The fourth-order valence-electron chi connectivity index (χ4n) is 2.20. The summed E-state index contributed by atoms with van der Waals surface area (Å²) in [6, 6.07) is 0. The molecule has 0 amide bonds. The van der Waals surface area contributed by atoms with Crippen molar-refractivity contribution in [2.75, 3.05) is 0 Å². The standard InChI is InChI=1S/C11H20O/c1-5-11(12)7-6-10(3,4)8-9(11)2/h5,9,12H,1,6-8H2,2-4H3. The van der Waals surface area contributed by atoms with E-state index in [1.807, 2.05) is 0 Å². The maximum absolute atomic E-state index is 10.1. The third-order valence-corrected chi connectivity index (χ3v) is 3.27. The molecular formula is C11H20O. The van der Waals surface area contributed by atoms with Gasteiger partial charge < -0.3 is 5.11 Å².